The Labute approximate surface area is 109 Å². The number of carbonyl (C=O) groups is 2. The summed E-state index contributed by atoms with van der Waals surface area (Å²) in [6.07, 6.45) is 0. The van der Waals surface area contributed by atoms with Crippen LogP contribution in [0.1, 0.15) is 12.5 Å². The highest BCUT2D eigenvalue weighted by molar-refractivity contribution is 8.16. The second-order valence-electron chi connectivity index (χ2n) is 3.86. The molecular formula is C13H12O4S. The summed E-state index contributed by atoms with van der Waals surface area (Å²) in [4.78, 5) is 23.4. The second-order valence-corrected chi connectivity index (χ2v) is 5.18. The van der Waals surface area contributed by atoms with Gasteiger partial charge in [-0.15, -0.1) is 0 Å². The van der Waals surface area contributed by atoms with E-state index in [2.05, 4.69) is 0 Å². The van der Waals surface area contributed by atoms with Gasteiger partial charge in [-0.1, -0.05) is 11.8 Å². The zero-order valence-corrected chi connectivity index (χ0v) is 10.8. The summed E-state index contributed by atoms with van der Waals surface area (Å²) in [5.74, 6) is 0.0613. The fraction of sp³-hybridized carbons (Fsp3) is 0.231. The van der Waals surface area contributed by atoms with E-state index in [0.717, 1.165) is 11.8 Å². The van der Waals surface area contributed by atoms with Crippen molar-refractivity contribution in [3.8, 4) is 5.75 Å². The normalized spacial score (nSPS) is 22.2. The molecule has 0 amide bonds. The van der Waals surface area contributed by atoms with Crippen LogP contribution >= 0.6 is 11.8 Å². The number of aliphatic hydroxyl groups is 1. The van der Waals surface area contributed by atoms with Crippen LogP contribution in [-0.2, 0) is 9.59 Å². The fourth-order valence-corrected chi connectivity index (χ4v) is 2.54. The molecule has 94 valence electrons. The molecule has 1 aromatic carbocycles. The number of hydrogen-bond acceptors (Lipinski definition) is 5. The Morgan fingerprint density at radius 3 is 2.33 bits per heavy atom. The Hall–Kier alpha value is -1.75. The van der Waals surface area contributed by atoms with Gasteiger partial charge in [-0.25, -0.2) is 0 Å². The van der Waals surface area contributed by atoms with Gasteiger partial charge in [0.2, 0.25) is 5.12 Å². The van der Waals surface area contributed by atoms with Crippen LogP contribution in [0.25, 0.3) is 5.76 Å². The van der Waals surface area contributed by atoms with Crippen molar-refractivity contribution in [2.45, 2.75) is 12.2 Å². The van der Waals surface area contributed by atoms with E-state index in [4.69, 9.17) is 4.74 Å². The lowest BCUT2D eigenvalue weighted by Gasteiger charge is -2.04. The molecular weight excluding hydrogens is 252 g/mol. The van der Waals surface area contributed by atoms with Gasteiger partial charge in [-0.05, 0) is 31.2 Å². The van der Waals surface area contributed by atoms with Gasteiger partial charge in [0, 0.05) is 5.56 Å². The van der Waals surface area contributed by atoms with Gasteiger partial charge in [0.05, 0.1) is 12.4 Å². The first-order valence-electron chi connectivity index (χ1n) is 5.37. The Morgan fingerprint density at radius 2 is 1.89 bits per heavy atom. The number of aliphatic hydroxyl groups excluding tert-OH is 1. The topological polar surface area (TPSA) is 63.6 Å². The molecule has 1 unspecified atom stereocenters. The van der Waals surface area contributed by atoms with Gasteiger partial charge in [0.15, 0.2) is 5.78 Å². The average molecular weight is 264 g/mol. The third-order valence-corrected chi connectivity index (χ3v) is 3.69. The molecule has 1 aliphatic heterocycles. The summed E-state index contributed by atoms with van der Waals surface area (Å²) >= 11 is 0.936. The van der Waals surface area contributed by atoms with E-state index in [0.29, 0.717) is 11.3 Å². The number of hydrogen-bond donors (Lipinski definition) is 1. The Morgan fingerprint density at radius 1 is 1.28 bits per heavy atom. The van der Waals surface area contributed by atoms with E-state index >= 15 is 0 Å². The van der Waals surface area contributed by atoms with Crippen molar-refractivity contribution in [3.05, 3.63) is 35.4 Å². The number of thioether (sulfide) groups is 1. The molecule has 1 N–H and O–H groups in total. The number of rotatable bonds is 2. The lowest BCUT2D eigenvalue weighted by Crippen LogP contribution is -2.10. The summed E-state index contributed by atoms with van der Waals surface area (Å²) in [5.41, 5.74) is 0.319. The molecule has 1 aromatic rings. The molecule has 1 fully saturated rings. The number of carbonyl (C=O) groups excluding carboxylic acids is 2. The van der Waals surface area contributed by atoms with E-state index in [1.807, 2.05) is 0 Å². The first-order chi connectivity index (χ1) is 8.54. The number of Topliss-reactive ketones (excluding diaryl/α,β-unsaturated/α-hetero) is 1. The van der Waals surface area contributed by atoms with E-state index in [-0.39, 0.29) is 22.2 Å². The van der Waals surface area contributed by atoms with Crippen LogP contribution in [0.15, 0.2) is 29.8 Å². The molecule has 0 radical (unpaired) electrons. The molecule has 2 rings (SSSR count). The predicted octanol–water partition coefficient (Wildman–Crippen LogP) is 2.20. The van der Waals surface area contributed by atoms with E-state index in [1.54, 1.807) is 31.2 Å². The van der Waals surface area contributed by atoms with E-state index in [9.17, 15) is 14.7 Å². The molecule has 18 heavy (non-hydrogen) atoms. The van der Waals surface area contributed by atoms with Crippen molar-refractivity contribution in [3.63, 3.8) is 0 Å². The van der Waals surface area contributed by atoms with Crippen LogP contribution < -0.4 is 4.74 Å². The summed E-state index contributed by atoms with van der Waals surface area (Å²) in [6, 6.07) is 6.53. The quantitative estimate of drug-likeness (QED) is 0.504. The molecule has 0 spiro atoms. The summed E-state index contributed by atoms with van der Waals surface area (Å²) in [6.45, 7) is 1.65. The van der Waals surface area contributed by atoms with Gasteiger partial charge in [0.25, 0.3) is 0 Å². The standard InChI is InChI=1S/C13H12O4S/c1-7-11(14)10(13(16)18-7)12(15)8-3-5-9(17-2)6-4-8/h3-7,15H,1-2H3/b12-10-. The molecule has 0 saturated carbocycles. The van der Waals surface area contributed by atoms with Gasteiger partial charge in [-0.2, -0.15) is 0 Å². The molecule has 1 aliphatic rings. The van der Waals surface area contributed by atoms with Crippen LogP contribution in [0, 0.1) is 0 Å². The summed E-state index contributed by atoms with van der Waals surface area (Å²) < 4.78 is 5.00. The average Bonchev–Trinajstić information content (AvgIpc) is 2.63. The maximum absolute atomic E-state index is 11.8. The zero-order valence-electron chi connectivity index (χ0n) is 9.97. The second kappa shape index (κ2) is 4.86. The van der Waals surface area contributed by atoms with Crippen molar-refractivity contribution in [1.29, 1.82) is 0 Å². The molecule has 0 aliphatic carbocycles. The number of benzene rings is 1. The van der Waals surface area contributed by atoms with Crippen molar-refractivity contribution in [1.82, 2.24) is 0 Å². The minimum atomic E-state index is -0.423. The lowest BCUT2D eigenvalue weighted by molar-refractivity contribution is -0.116. The SMILES string of the molecule is COc1ccc(/C(O)=C2/C(=O)SC(C)C2=O)cc1. The Bertz CT molecular complexity index is 530. The number of methoxy groups -OCH3 is 1. The molecule has 0 bridgehead atoms. The molecule has 1 saturated heterocycles. The minimum absolute atomic E-state index is 0.113. The van der Waals surface area contributed by atoms with Crippen LogP contribution in [-0.4, -0.2) is 28.4 Å². The third kappa shape index (κ3) is 2.13. The first-order valence-corrected chi connectivity index (χ1v) is 6.25. The van der Waals surface area contributed by atoms with E-state index < -0.39 is 5.25 Å². The fourth-order valence-electron chi connectivity index (χ4n) is 1.68. The molecule has 1 heterocycles. The van der Waals surface area contributed by atoms with Crippen LogP contribution in [0.3, 0.4) is 0 Å². The maximum Gasteiger partial charge on any atom is 0.227 e. The van der Waals surface area contributed by atoms with E-state index in [1.165, 1.54) is 7.11 Å². The highest BCUT2D eigenvalue weighted by Crippen LogP contribution is 2.33. The largest absolute Gasteiger partial charge is 0.506 e. The number of ether oxygens (including phenoxy) is 1. The van der Waals surface area contributed by atoms with Crippen molar-refractivity contribution in [2.75, 3.05) is 7.11 Å². The number of ketones is 1. The summed E-state index contributed by atoms with van der Waals surface area (Å²) in [7, 11) is 1.54. The molecule has 1 atom stereocenters. The maximum atomic E-state index is 11.8. The predicted molar refractivity (Wildman–Crippen MR) is 69.6 cm³/mol. The van der Waals surface area contributed by atoms with Crippen molar-refractivity contribution < 1.29 is 19.4 Å². The van der Waals surface area contributed by atoms with Crippen LogP contribution in [0.5, 0.6) is 5.75 Å². The zero-order chi connectivity index (χ0) is 13.3. The summed E-state index contributed by atoms with van der Waals surface area (Å²) in [5, 5.41) is 9.23. The van der Waals surface area contributed by atoms with Crippen LogP contribution in [0.2, 0.25) is 0 Å². The molecule has 0 aromatic heterocycles. The Balaban J connectivity index is 2.43. The van der Waals surface area contributed by atoms with Crippen molar-refractivity contribution in [2.24, 2.45) is 0 Å². The Kier molecular flexibility index (Phi) is 3.43. The van der Waals surface area contributed by atoms with Crippen molar-refractivity contribution >= 4 is 28.4 Å². The van der Waals surface area contributed by atoms with Gasteiger partial charge in [-0.3, -0.25) is 9.59 Å². The molecule has 4 nitrogen and oxygen atoms in total. The molecule has 5 heteroatoms. The monoisotopic (exact) mass is 264 g/mol. The van der Waals surface area contributed by atoms with Crippen LogP contribution in [0.4, 0.5) is 0 Å². The van der Waals surface area contributed by atoms with Gasteiger partial charge >= 0.3 is 0 Å². The smallest absolute Gasteiger partial charge is 0.227 e. The highest BCUT2D eigenvalue weighted by atomic mass is 32.2. The first kappa shape index (κ1) is 12.7. The van der Waals surface area contributed by atoms with Gasteiger partial charge < -0.3 is 9.84 Å². The third-order valence-electron chi connectivity index (χ3n) is 2.70. The van der Waals surface area contributed by atoms with Gasteiger partial charge in [0.1, 0.15) is 17.1 Å². The minimum Gasteiger partial charge on any atom is -0.506 e. The highest BCUT2D eigenvalue weighted by Gasteiger charge is 2.37. The lowest BCUT2D eigenvalue weighted by atomic mass is 10.0.